The van der Waals surface area contributed by atoms with Gasteiger partial charge >= 0.3 is 0 Å². The van der Waals surface area contributed by atoms with Gasteiger partial charge in [0.25, 0.3) is 0 Å². The number of primary sulfonamides is 1. The third-order valence-electron chi connectivity index (χ3n) is 3.16. The van der Waals surface area contributed by atoms with Crippen molar-refractivity contribution < 1.29 is 8.42 Å². The summed E-state index contributed by atoms with van der Waals surface area (Å²) in [6, 6.07) is 10.6. The molecule has 4 N–H and O–H groups in total. The van der Waals surface area contributed by atoms with E-state index in [4.69, 9.17) is 5.14 Å². The molecule has 0 saturated heterocycles. The molecule has 0 bridgehead atoms. The Bertz CT molecular complexity index is 786. The third kappa shape index (κ3) is 6.38. The topological polar surface area (TPSA) is 96.6 Å². The molecule has 0 atom stereocenters. The summed E-state index contributed by atoms with van der Waals surface area (Å²) in [6.45, 7) is 3.32. The van der Waals surface area contributed by atoms with Crippen LogP contribution < -0.4 is 15.8 Å². The Balaban J connectivity index is 0.00000288. The Labute approximate surface area is 163 Å². The van der Waals surface area contributed by atoms with E-state index in [-0.39, 0.29) is 28.9 Å². The lowest BCUT2D eigenvalue weighted by atomic mass is 10.2. The van der Waals surface area contributed by atoms with E-state index < -0.39 is 10.0 Å². The molecule has 0 spiro atoms. The molecule has 1 aromatic carbocycles. The maximum absolute atomic E-state index is 11.2. The number of sulfonamides is 1. The van der Waals surface area contributed by atoms with Crippen LogP contribution in [0.25, 0.3) is 0 Å². The predicted molar refractivity (Wildman–Crippen MR) is 109 cm³/mol. The van der Waals surface area contributed by atoms with Gasteiger partial charge in [-0.1, -0.05) is 12.1 Å². The molecule has 9 heteroatoms. The normalized spacial score (nSPS) is 11.7. The lowest BCUT2D eigenvalue weighted by Gasteiger charge is -2.11. The first-order chi connectivity index (χ1) is 10.9. The van der Waals surface area contributed by atoms with Crippen LogP contribution in [0.3, 0.4) is 0 Å². The summed E-state index contributed by atoms with van der Waals surface area (Å²) in [6.07, 6.45) is 0. The van der Waals surface area contributed by atoms with Crippen molar-refractivity contribution in [2.45, 2.75) is 24.9 Å². The van der Waals surface area contributed by atoms with Crippen molar-refractivity contribution in [3.63, 3.8) is 0 Å². The van der Waals surface area contributed by atoms with Crippen molar-refractivity contribution >= 4 is 51.3 Å². The SMILES string of the molecule is CN=C(NCc1ccc(S(N)(=O)=O)cc1)NCc1ccc(C)s1.I. The summed E-state index contributed by atoms with van der Waals surface area (Å²) >= 11 is 1.74. The molecular formula is C15H21IN4O2S2. The highest BCUT2D eigenvalue weighted by Crippen LogP contribution is 2.14. The highest BCUT2D eigenvalue weighted by molar-refractivity contribution is 14.0. The Morgan fingerprint density at radius 3 is 2.25 bits per heavy atom. The van der Waals surface area contributed by atoms with Crippen LogP contribution in [0.1, 0.15) is 15.3 Å². The van der Waals surface area contributed by atoms with E-state index in [1.165, 1.54) is 21.9 Å². The number of thiophene rings is 1. The van der Waals surface area contributed by atoms with Crippen LogP contribution in [0.2, 0.25) is 0 Å². The Hall–Kier alpha value is -1.17. The number of guanidine groups is 1. The minimum atomic E-state index is -3.65. The van der Waals surface area contributed by atoms with Gasteiger partial charge in [-0.25, -0.2) is 13.6 Å². The number of benzene rings is 1. The molecule has 6 nitrogen and oxygen atoms in total. The van der Waals surface area contributed by atoms with Crippen LogP contribution in [0.4, 0.5) is 0 Å². The average molecular weight is 480 g/mol. The van der Waals surface area contributed by atoms with Gasteiger partial charge in [-0.15, -0.1) is 35.3 Å². The van der Waals surface area contributed by atoms with Gasteiger partial charge in [-0.2, -0.15) is 0 Å². The van der Waals surface area contributed by atoms with Crippen LogP contribution in [-0.2, 0) is 23.1 Å². The second-order valence-corrected chi connectivity index (χ2v) is 7.91. The summed E-state index contributed by atoms with van der Waals surface area (Å²) in [7, 11) is -1.94. The predicted octanol–water partition coefficient (Wildman–Crippen LogP) is 2.19. The molecule has 1 aromatic heterocycles. The van der Waals surface area contributed by atoms with Crippen LogP contribution in [0, 0.1) is 6.92 Å². The molecule has 0 aliphatic heterocycles. The van der Waals surface area contributed by atoms with Crippen molar-refractivity contribution in [2.24, 2.45) is 10.1 Å². The van der Waals surface area contributed by atoms with Crippen LogP contribution in [0.5, 0.6) is 0 Å². The highest BCUT2D eigenvalue weighted by atomic mass is 127. The molecular weight excluding hydrogens is 459 g/mol. The number of aryl methyl sites for hydroxylation is 1. The largest absolute Gasteiger partial charge is 0.352 e. The zero-order valence-corrected chi connectivity index (χ0v) is 17.4. The van der Waals surface area contributed by atoms with Crippen LogP contribution >= 0.6 is 35.3 Å². The van der Waals surface area contributed by atoms with E-state index in [9.17, 15) is 8.42 Å². The first kappa shape index (κ1) is 20.9. The monoisotopic (exact) mass is 480 g/mol. The van der Waals surface area contributed by atoms with Crippen molar-refractivity contribution in [3.05, 3.63) is 51.7 Å². The molecule has 2 aromatic rings. The second kappa shape index (κ2) is 9.35. The molecule has 24 heavy (non-hydrogen) atoms. The Kier molecular flexibility index (Phi) is 8.13. The number of nitrogens with one attached hydrogen (secondary N) is 2. The van der Waals surface area contributed by atoms with Gasteiger partial charge in [0.1, 0.15) is 0 Å². The zero-order chi connectivity index (χ0) is 16.9. The lowest BCUT2D eigenvalue weighted by Crippen LogP contribution is -2.36. The fraction of sp³-hybridized carbons (Fsp3) is 0.267. The molecule has 1 heterocycles. The summed E-state index contributed by atoms with van der Waals surface area (Å²) in [5.41, 5.74) is 0.937. The molecule has 0 aliphatic carbocycles. The van der Waals surface area contributed by atoms with Gasteiger partial charge in [0.2, 0.25) is 10.0 Å². The van der Waals surface area contributed by atoms with Gasteiger partial charge < -0.3 is 10.6 Å². The number of nitrogens with zero attached hydrogens (tertiary/aromatic N) is 1. The average Bonchev–Trinajstić information content (AvgIpc) is 2.92. The zero-order valence-electron chi connectivity index (χ0n) is 13.4. The molecule has 132 valence electrons. The Morgan fingerprint density at radius 2 is 1.75 bits per heavy atom. The van der Waals surface area contributed by atoms with E-state index in [2.05, 4.69) is 34.7 Å². The number of aliphatic imine (C=N–C) groups is 1. The van der Waals surface area contributed by atoms with Gasteiger partial charge in [0.05, 0.1) is 11.4 Å². The summed E-state index contributed by atoms with van der Waals surface area (Å²) in [5, 5.41) is 11.5. The number of rotatable bonds is 5. The Morgan fingerprint density at radius 1 is 1.12 bits per heavy atom. The minimum Gasteiger partial charge on any atom is -0.352 e. The molecule has 0 saturated carbocycles. The van der Waals surface area contributed by atoms with E-state index in [0.717, 1.165) is 5.56 Å². The highest BCUT2D eigenvalue weighted by Gasteiger charge is 2.07. The van der Waals surface area contributed by atoms with Crippen molar-refractivity contribution in [1.29, 1.82) is 0 Å². The quantitative estimate of drug-likeness (QED) is 0.347. The number of hydrogen-bond donors (Lipinski definition) is 3. The van der Waals surface area contributed by atoms with Crippen LogP contribution in [0.15, 0.2) is 46.3 Å². The molecule has 0 unspecified atom stereocenters. The maximum Gasteiger partial charge on any atom is 0.238 e. The molecule has 0 aliphatic rings. The first-order valence-electron chi connectivity index (χ1n) is 7.00. The standard InChI is InChI=1S/C15H20N4O2S2.HI/c1-11-3-6-13(22-11)10-19-15(17-2)18-9-12-4-7-14(8-5-12)23(16,20)21;/h3-8H,9-10H2,1-2H3,(H2,16,20,21)(H2,17,18,19);1H. The third-order valence-corrected chi connectivity index (χ3v) is 5.09. The van der Waals surface area contributed by atoms with E-state index in [0.29, 0.717) is 19.0 Å². The van der Waals surface area contributed by atoms with E-state index in [1.54, 1.807) is 30.5 Å². The number of hydrogen-bond acceptors (Lipinski definition) is 4. The minimum absolute atomic E-state index is 0. The molecule has 2 rings (SSSR count). The van der Waals surface area contributed by atoms with Gasteiger partial charge in [0.15, 0.2) is 5.96 Å². The summed E-state index contributed by atoms with van der Waals surface area (Å²) < 4.78 is 22.4. The molecule has 0 radical (unpaired) electrons. The summed E-state index contributed by atoms with van der Waals surface area (Å²) in [5.74, 6) is 0.687. The van der Waals surface area contributed by atoms with E-state index in [1.807, 2.05) is 0 Å². The molecule has 0 fully saturated rings. The fourth-order valence-corrected chi connectivity index (χ4v) is 3.30. The van der Waals surface area contributed by atoms with Gasteiger partial charge in [-0.3, -0.25) is 4.99 Å². The summed E-state index contributed by atoms with van der Waals surface area (Å²) in [4.78, 5) is 6.79. The number of halogens is 1. The number of nitrogens with two attached hydrogens (primary N) is 1. The van der Waals surface area contributed by atoms with Crippen LogP contribution in [-0.4, -0.2) is 21.4 Å². The van der Waals surface area contributed by atoms with E-state index >= 15 is 0 Å². The van der Waals surface area contributed by atoms with Gasteiger partial charge in [0, 0.05) is 23.3 Å². The smallest absolute Gasteiger partial charge is 0.238 e. The first-order valence-corrected chi connectivity index (χ1v) is 9.36. The molecule has 0 amide bonds. The van der Waals surface area contributed by atoms with Gasteiger partial charge in [-0.05, 0) is 36.8 Å². The second-order valence-electron chi connectivity index (χ2n) is 4.98. The van der Waals surface area contributed by atoms with Crippen molar-refractivity contribution in [2.75, 3.05) is 7.05 Å². The lowest BCUT2D eigenvalue weighted by molar-refractivity contribution is 0.597. The van der Waals surface area contributed by atoms with Crippen molar-refractivity contribution in [3.8, 4) is 0 Å². The fourth-order valence-electron chi connectivity index (χ4n) is 1.95. The maximum atomic E-state index is 11.2. The van der Waals surface area contributed by atoms with Crippen molar-refractivity contribution in [1.82, 2.24) is 10.6 Å².